The Hall–Kier alpha value is -1.02. The van der Waals surface area contributed by atoms with Gasteiger partial charge < -0.3 is 9.84 Å². The summed E-state index contributed by atoms with van der Waals surface area (Å²) in [5.74, 6) is 0.858. The Balaban J connectivity index is 2.27. The van der Waals surface area contributed by atoms with E-state index in [-0.39, 0.29) is 16.9 Å². The molecule has 0 spiro atoms. The normalized spacial score (nSPS) is 22.0. The second-order valence-electron chi connectivity index (χ2n) is 8.26. The molecule has 0 aliphatic carbocycles. The van der Waals surface area contributed by atoms with Crippen molar-refractivity contribution in [3.05, 3.63) is 29.3 Å². The maximum Gasteiger partial charge on any atom is 0.129 e. The maximum absolute atomic E-state index is 10.5. The Morgan fingerprint density at radius 3 is 2.38 bits per heavy atom. The third kappa shape index (κ3) is 3.60. The smallest absolute Gasteiger partial charge is 0.129 e. The van der Waals surface area contributed by atoms with E-state index in [4.69, 9.17) is 4.74 Å². The molecular formula is C19H30O2. The van der Waals surface area contributed by atoms with E-state index in [0.717, 1.165) is 30.6 Å². The highest BCUT2D eigenvalue weighted by molar-refractivity contribution is 5.44. The van der Waals surface area contributed by atoms with Crippen LogP contribution >= 0.6 is 0 Å². The minimum atomic E-state index is -0.481. The molecule has 0 amide bonds. The molecule has 2 atom stereocenters. The Morgan fingerprint density at radius 1 is 1.14 bits per heavy atom. The second-order valence-corrected chi connectivity index (χ2v) is 8.26. The molecule has 1 N–H and O–H groups in total. The van der Waals surface area contributed by atoms with Crippen LogP contribution in [0.25, 0.3) is 0 Å². The summed E-state index contributed by atoms with van der Waals surface area (Å²) in [4.78, 5) is 0. The van der Waals surface area contributed by atoms with Crippen LogP contribution < -0.4 is 4.74 Å². The predicted octanol–water partition coefficient (Wildman–Crippen LogP) is 4.99. The minimum absolute atomic E-state index is 0.0778. The molecule has 1 aromatic rings. The number of aliphatic hydroxyl groups excluding tert-OH is 1. The maximum atomic E-state index is 10.5. The van der Waals surface area contributed by atoms with Crippen LogP contribution in [0.1, 0.15) is 78.0 Å². The van der Waals surface area contributed by atoms with Crippen LogP contribution in [-0.2, 0) is 5.41 Å². The molecule has 21 heavy (non-hydrogen) atoms. The lowest BCUT2D eigenvalue weighted by atomic mass is 9.72. The molecule has 1 aromatic carbocycles. The van der Waals surface area contributed by atoms with Crippen LogP contribution in [0.2, 0.25) is 0 Å². The lowest BCUT2D eigenvalue weighted by molar-refractivity contribution is 0.0616. The van der Waals surface area contributed by atoms with E-state index in [1.54, 1.807) is 0 Å². The largest absolute Gasteiger partial charge is 0.487 e. The first-order chi connectivity index (χ1) is 9.64. The fourth-order valence-electron chi connectivity index (χ4n) is 3.66. The summed E-state index contributed by atoms with van der Waals surface area (Å²) in [6.45, 7) is 13.5. The van der Waals surface area contributed by atoms with Crippen molar-refractivity contribution in [3.8, 4) is 5.75 Å². The van der Waals surface area contributed by atoms with Gasteiger partial charge in [0, 0.05) is 5.56 Å². The topological polar surface area (TPSA) is 29.5 Å². The first-order valence-electron chi connectivity index (χ1n) is 8.13. The van der Waals surface area contributed by atoms with Crippen molar-refractivity contribution >= 4 is 0 Å². The van der Waals surface area contributed by atoms with Gasteiger partial charge in [-0.3, -0.25) is 0 Å². The van der Waals surface area contributed by atoms with Crippen LogP contribution in [0.4, 0.5) is 0 Å². The molecule has 2 nitrogen and oxygen atoms in total. The van der Waals surface area contributed by atoms with Gasteiger partial charge in [0.1, 0.15) is 18.0 Å². The fourth-order valence-corrected chi connectivity index (χ4v) is 3.66. The molecule has 2 rings (SSSR count). The molecule has 1 heterocycles. The van der Waals surface area contributed by atoms with Crippen molar-refractivity contribution in [1.29, 1.82) is 0 Å². The average molecular weight is 290 g/mol. The molecule has 0 aromatic heterocycles. The molecular weight excluding hydrogens is 260 g/mol. The van der Waals surface area contributed by atoms with Crippen LogP contribution in [0, 0.1) is 5.41 Å². The van der Waals surface area contributed by atoms with Crippen LogP contribution in [0.5, 0.6) is 5.75 Å². The number of hydrogen-bond acceptors (Lipinski definition) is 2. The second kappa shape index (κ2) is 5.64. The summed E-state index contributed by atoms with van der Waals surface area (Å²) in [5.41, 5.74) is 2.63. The Kier molecular flexibility index (Phi) is 4.39. The van der Waals surface area contributed by atoms with Gasteiger partial charge in [-0.25, -0.2) is 0 Å². The highest BCUT2D eigenvalue weighted by atomic mass is 16.5. The third-order valence-electron chi connectivity index (χ3n) is 4.29. The first kappa shape index (κ1) is 16.4. The highest BCUT2D eigenvalue weighted by Crippen LogP contribution is 2.43. The predicted molar refractivity (Wildman–Crippen MR) is 87.8 cm³/mol. The molecule has 0 saturated heterocycles. The van der Waals surface area contributed by atoms with Gasteiger partial charge in [-0.05, 0) is 41.4 Å². The lowest BCUT2D eigenvalue weighted by Crippen LogP contribution is -2.25. The Bertz CT molecular complexity index is 497. The molecule has 0 saturated carbocycles. The minimum Gasteiger partial charge on any atom is -0.487 e. The van der Waals surface area contributed by atoms with Crippen molar-refractivity contribution in [1.82, 2.24) is 0 Å². The molecule has 0 bridgehead atoms. The van der Waals surface area contributed by atoms with Crippen molar-refractivity contribution in [2.24, 2.45) is 5.41 Å². The first-order valence-corrected chi connectivity index (χ1v) is 8.13. The van der Waals surface area contributed by atoms with Gasteiger partial charge in [0.2, 0.25) is 0 Å². The molecule has 0 fully saturated rings. The van der Waals surface area contributed by atoms with Gasteiger partial charge in [-0.2, -0.15) is 0 Å². The number of aliphatic hydroxyl groups is 1. The van der Waals surface area contributed by atoms with E-state index in [2.05, 4.69) is 53.7 Å². The summed E-state index contributed by atoms with van der Waals surface area (Å²) >= 11 is 0. The van der Waals surface area contributed by atoms with Crippen molar-refractivity contribution in [2.45, 2.75) is 78.4 Å². The SMILES string of the molecule is CCCC1Oc2ccc(C(C)(C)CC(C)(C)C)cc2C1O. The van der Waals surface area contributed by atoms with Gasteiger partial charge in [0.15, 0.2) is 0 Å². The zero-order chi connectivity index (χ0) is 15.8. The van der Waals surface area contributed by atoms with Crippen molar-refractivity contribution in [3.63, 3.8) is 0 Å². The van der Waals surface area contributed by atoms with Gasteiger partial charge in [0.05, 0.1) is 0 Å². The van der Waals surface area contributed by atoms with E-state index in [1.165, 1.54) is 5.56 Å². The number of fused-ring (bicyclic) bond motifs is 1. The average Bonchev–Trinajstić information content (AvgIpc) is 2.64. The van der Waals surface area contributed by atoms with Gasteiger partial charge in [0.25, 0.3) is 0 Å². The number of rotatable bonds is 4. The van der Waals surface area contributed by atoms with Crippen LogP contribution in [0.3, 0.4) is 0 Å². The third-order valence-corrected chi connectivity index (χ3v) is 4.29. The fraction of sp³-hybridized carbons (Fsp3) is 0.684. The van der Waals surface area contributed by atoms with Crippen molar-refractivity contribution < 1.29 is 9.84 Å². The van der Waals surface area contributed by atoms with E-state index in [9.17, 15) is 5.11 Å². The van der Waals surface area contributed by atoms with Gasteiger partial charge >= 0.3 is 0 Å². The van der Waals surface area contributed by atoms with E-state index < -0.39 is 6.10 Å². The quantitative estimate of drug-likeness (QED) is 0.846. The van der Waals surface area contributed by atoms with E-state index in [1.807, 2.05) is 6.07 Å². The molecule has 0 radical (unpaired) electrons. The van der Waals surface area contributed by atoms with Crippen LogP contribution in [0.15, 0.2) is 18.2 Å². The van der Waals surface area contributed by atoms with E-state index >= 15 is 0 Å². The number of ether oxygens (including phenoxy) is 1. The van der Waals surface area contributed by atoms with E-state index in [0.29, 0.717) is 0 Å². The Labute approximate surface area is 129 Å². The zero-order valence-corrected chi connectivity index (χ0v) is 14.4. The van der Waals surface area contributed by atoms with Gasteiger partial charge in [-0.15, -0.1) is 0 Å². The van der Waals surface area contributed by atoms with Crippen LogP contribution in [-0.4, -0.2) is 11.2 Å². The number of hydrogen-bond donors (Lipinski definition) is 1. The Morgan fingerprint density at radius 2 is 1.81 bits per heavy atom. The highest BCUT2D eigenvalue weighted by Gasteiger charge is 2.34. The molecule has 1 aliphatic rings. The summed E-state index contributed by atoms with van der Waals surface area (Å²) in [7, 11) is 0. The standard InChI is InChI=1S/C19H30O2/c1-7-8-16-17(20)14-11-13(9-10-15(14)21-16)19(5,6)12-18(2,3)4/h9-11,16-17,20H,7-8,12H2,1-6H3. The molecule has 118 valence electrons. The van der Waals surface area contributed by atoms with Crippen molar-refractivity contribution in [2.75, 3.05) is 0 Å². The molecule has 1 aliphatic heterocycles. The number of benzene rings is 1. The molecule has 2 unspecified atom stereocenters. The monoisotopic (exact) mass is 290 g/mol. The summed E-state index contributed by atoms with van der Waals surface area (Å²) < 4.78 is 5.88. The molecule has 2 heteroatoms. The summed E-state index contributed by atoms with van der Waals surface area (Å²) in [6.07, 6.45) is 2.47. The zero-order valence-electron chi connectivity index (χ0n) is 14.4. The summed E-state index contributed by atoms with van der Waals surface area (Å²) in [6, 6.07) is 6.35. The lowest BCUT2D eigenvalue weighted by Gasteiger charge is -2.33. The van der Waals surface area contributed by atoms with Gasteiger partial charge in [-0.1, -0.05) is 54.0 Å². The summed E-state index contributed by atoms with van der Waals surface area (Å²) in [5, 5.41) is 10.5.